The van der Waals surface area contributed by atoms with E-state index in [-0.39, 0.29) is 18.2 Å². The lowest BCUT2D eigenvalue weighted by atomic mass is 10.0. The van der Waals surface area contributed by atoms with Crippen molar-refractivity contribution in [2.24, 2.45) is 0 Å². The fourth-order valence-corrected chi connectivity index (χ4v) is 5.27. The normalized spacial score (nSPS) is 12.1. The van der Waals surface area contributed by atoms with Crippen LogP contribution in [0.4, 0.5) is 5.82 Å². The van der Waals surface area contributed by atoms with Gasteiger partial charge in [0, 0.05) is 23.3 Å². The Kier molecular flexibility index (Phi) is 8.36. The monoisotopic (exact) mass is 523 g/mol. The lowest BCUT2D eigenvalue weighted by molar-refractivity contribution is -0.140. The molecular weight excluding hydrogens is 498 g/mol. The molecule has 0 spiro atoms. The molecule has 0 aliphatic heterocycles. The number of carbonyl (C=O) groups excluding carboxylic acids is 1. The van der Waals surface area contributed by atoms with Crippen molar-refractivity contribution in [3.63, 3.8) is 0 Å². The van der Waals surface area contributed by atoms with Gasteiger partial charge in [0.2, 0.25) is 0 Å². The molecule has 0 radical (unpaired) electrons. The Bertz CT molecular complexity index is 1380. The summed E-state index contributed by atoms with van der Waals surface area (Å²) in [6.07, 6.45) is 3.53. The number of aromatic nitrogens is 3. The number of nitrogens with one attached hydrogen (secondary N) is 2. The van der Waals surface area contributed by atoms with Crippen LogP contribution in [0, 0.1) is 0 Å². The number of thiazole rings is 1. The first-order valence-corrected chi connectivity index (χ1v) is 13.6. The molecule has 186 valence electrons. The molecule has 1 unspecified atom stereocenters. The molecule has 2 N–H and O–H groups in total. The topological polar surface area (TPSA) is 123 Å². The van der Waals surface area contributed by atoms with Gasteiger partial charge in [0.25, 0.3) is 10.0 Å². The third kappa shape index (κ3) is 6.72. The van der Waals surface area contributed by atoms with E-state index in [0.717, 1.165) is 16.1 Å². The number of sulfonamides is 1. The van der Waals surface area contributed by atoms with E-state index < -0.39 is 22.0 Å². The Hall–Kier alpha value is -3.67. The summed E-state index contributed by atoms with van der Waals surface area (Å²) in [5.41, 5.74) is 2.39. The van der Waals surface area contributed by atoms with Crippen LogP contribution in [0.3, 0.4) is 0 Å². The number of rotatable bonds is 11. The van der Waals surface area contributed by atoms with Crippen LogP contribution in [-0.4, -0.2) is 42.5 Å². The van der Waals surface area contributed by atoms with Crippen molar-refractivity contribution >= 4 is 33.1 Å². The molecule has 0 bridgehead atoms. The summed E-state index contributed by atoms with van der Waals surface area (Å²) in [4.78, 5) is 24.6. The van der Waals surface area contributed by atoms with E-state index in [2.05, 4.69) is 25.0 Å². The number of pyridine rings is 2. The number of ether oxygens (including phenoxy) is 1. The minimum atomic E-state index is -3.92. The second-order valence-electron chi connectivity index (χ2n) is 7.69. The zero-order chi connectivity index (χ0) is 25.4. The van der Waals surface area contributed by atoms with Gasteiger partial charge in [-0.25, -0.2) is 28.1 Å². The highest BCUT2D eigenvalue weighted by atomic mass is 32.2. The number of hydrogen-bond acceptors (Lipinski definition) is 9. The maximum atomic E-state index is 13.1. The Morgan fingerprint density at radius 2 is 1.86 bits per heavy atom. The molecule has 4 aromatic rings. The lowest BCUT2D eigenvalue weighted by Gasteiger charge is -2.19. The Morgan fingerprint density at radius 1 is 1.03 bits per heavy atom. The first kappa shape index (κ1) is 25.4. The van der Waals surface area contributed by atoms with Crippen molar-refractivity contribution in [1.29, 1.82) is 0 Å². The van der Waals surface area contributed by atoms with Crippen LogP contribution in [0.5, 0.6) is 0 Å². The molecule has 0 fully saturated rings. The smallest absolute Gasteiger partial charge is 0.325 e. The molecule has 0 saturated carbocycles. The van der Waals surface area contributed by atoms with E-state index >= 15 is 0 Å². The minimum absolute atomic E-state index is 0.0488. The van der Waals surface area contributed by atoms with Crippen LogP contribution in [0.15, 0.2) is 83.5 Å². The van der Waals surface area contributed by atoms with E-state index in [0.29, 0.717) is 17.9 Å². The summed E-state index contributed by atoms with van der Waals surface area (Å²) < 4.78 is 33.9. The van der Waals surface area contributed by atoms with Crippen molar-refractivity contribution in [2.75, 3.05) is 18.5 Å². The summed E-state index contributed by atoms with van der Waals surface area (Å²) in [5, 5.41) is 5.68. The van der Waals surface area contributed by atoms with Crippen LogP contribution >= 0.6 is 11.3 Å². The van der Waals surface area contributed by atoms with Crippen LogP contribution in [-0.2, 0) is 26.0 Å². The van der Waals surface area contributed by atoms with Crippen LogP contribution < -0.4 is 10.0 Å². The van der Waals surface area contributed by atoms with Crippen molar-refractivity contribution < 1.29 is 17.9 Å². The van der Waals surface area contributed by atoms with Gasteiger partial charge in [-0.3, -0.25) is 4.79 Å². The number of esters is 1. The summed E-state index contributed by atoms with van der Waals surface area (Å²) in [6, 6.07) is 17.0. The van der Waals surface area contributed by atoms with Crippen molar-refractivity contribution in [1.82, 2.24) is 19.7 Å². The summed E-state index contributed by atoms with van der Waals surface area (Å²) in [6.45, 7) is 1.97. The zero-order valence-corrected chi connectivity index (χ0v) is 21.1. The second-order valence-corrected chi connectivity index (χ2v) is 10.2. The third-order valence-electron chi connectivity index (χ3n) is 5.13. The maximum absolute atomic E-state index is 13.1. The van der Waals surface area contributed by atoms with Crippen molar-refractivity contribution in [2.45, 2.75) is 24.4 Å². The average molecular weight is 524 g/mol. The fourth-order valence-electron chi connectivity index (χ4n) is 3.46. The molecule has 3 heterocycles. The average Bonchev–Trinajstić information content (AvgIpc) is 3.43. The van der Waals surface area contributed by atoms with Crippen LogP contribution in [0.25, 0.3) is 10.6 Å². The van der Waals surface area contributed by atoms with Crippen molar-refractivity contribution in [3.8, 4) is 10.6 Å². The van der Waals surface area contributed by atoms with E-state index in [4.69, 9.17) is 4.74 Å². The van der Waals surface area contributed by atoms with E-state index in [1.807, 2.05) is 29.6 Å². The van der Waals surface area contributed by atoms with Crippen LogP contribution in [0.1, 0.15) is 24.2 Å². The molecule has 11 heteroatoms. The standard InChI is InChI=1S/C25H25N5O4S2/c1-2-34-24(31)17-28-22-7-5-6-20(29-22)21(30-36(32,33)23-8-3-4-13-26-23)16-18-9-11-19(12-10-18)25-27-14-15-35-25/h3-15,21,30H,2,16-17H2,1H3,(H,28,29). The highest BCUT2D eigenvalue weighted by Gasteiger charge is 2.24. The zero-order valence-electron chi connectivity index (χ0n) is 19.5. The van der Waals surface area contributed by atoms with Gasteiger partial charge < -0.3 is 10.1 Å². The Morgan fingerprint density at radius 3 is 2.56 bits per heavy atom. The molecule has 9 nitrogen and oxygen atoms in total. The summed E-state index contributed by atoms with van der Waals surface area (Å²) >= 11 is 1.55. The van der Waals surface area contributed by atoms with Gasteiger partial charge in [-0.05, 0) is 43.2 Å². The number of anilines is 1. The number of carbonyl (C=O) groups is 1. The fraction of sp³-hybridized carbons (Fsp3) is 0.200. The summed E-state index contributed by atoms with van der Waals surface area (Å²) in [5.74, 6) is 0.0270. The predicted octanol–water partition coefficient (Wildman–Crippen LogP) is 3.84. The first-order valence-electron chi connectivity index (χ1n) is 11.2. The highest BCUT2D eigenvalue weighted by molar-refractivity contribution is 7.89. The van der Waals surface area contributed by atoms with Crippen LogP contribution in [0.2, 0.25) is 0 Å². The van der Waals surface area contributed by atoms with Crippen molar-refractivity contribution in [3.05, 3.63) is 89.7 Å². The molecular formula is C25H25N5O4S2. The van der Waals surface area contributed by atoms with Gasteiger partial charge in [-0.2, -0.15) is 0 Å². The second kappa shape index (κ2) is 11.8. The largest absolute Gasteiger partial charge is 0.465 e. The quantitative estimate of drug-likeness (QED) is 0.284. The number of benzene rings is 1. The van der Waals surface area contributed by atoms with Gasteiger partial charge in [0.05, 0.1) is 18.3 Å². The molecule has 0 saturated heterocycles. The summed E-state index contributed by atoms with van der Waals surface area (Å²) in [7, 11) is -3.92. The number of nitrogens with zero attached hydrogens (tertiary/aromatic N) is 3. The molecule has 0 aliphatic rings. The molecule has 0 aliphatic carbocycles. The molecule has 4 rings (SSSR count). The Balaban J connectivity index is 1.59. The SMILES string of the molecule is CCOC(=O)CNc1cccc(C(Cc2ccc(-c3nccs3)cc2)NS(=O)(=O)c2ccccn2)n1. The maximum Gasteiger partial charge on any atom is 0.325 e. The third-order valence-corrected chi connectivity index (χ3v) is 7.34. The van der Waals surface area contributed by atoms with E-state index in [1.165, 1.54) is 12.3 Å². The first-order chi connectivity index (χ1) is 17.4. The van der Waals surface area contributed by atoms with Gasteiger partial charge in [0.1, 0.15) is 17.4 Å². The molecule has 1 aromatic carbocycles. The lowest BCUT2D eigenvalue weighted by Crippen LogP contribution is -2.31. The van der Waals surface area contributed by atoms with Gasteiger partial charge in [0.15, 0.2) is 5.03 Å². The minimum Gasteiger partial charge on any atom is -0.465 e. The van der Waals surface area contributed by atoms with Gasteiger partial charge in [-0.15, -0.1) is 11.3 Å². The highest BCUT2D eigenvalue weighted by Crippen LogP contribution is 2.25. The van der Waals surface area contributed by atoms with Gasteiger partial charge in [-0.1, -0.05) is 36.4 Å². The molecule has 0 amide bonds. The number of hydrogen-bond donors (Lipinski definition) is 2. The van der Waals surface area contributed by atoms with Gasteiger partial charge >= 0.3 is 5.97 Å². The predicted molar refractivity (Wildman–Crippen MR) is 138 cm³/mol. The molecule has 36 heavy (non-hydrogen) atoms. The molecule has 1 atom stereocenters. The molecule has 3 aromatic heterocycles. The Labute approximate surface area is 213 Å². The van der Waals surface area contributed by atoms with E-state index in [9.17, 15) is 13.2 Å². The van der Waals surface area contributed by atoms with E-state index in [1.54, 1.807) is 54.8 Å².